The van der Waals surface area contributed by atoms with E-state index >= 15 is 0 Å². The van der Waals surface area contributed by atoms with Gasteiger partial charge in [0.25, 0.3) is 0 Å². The largest absolute Gasteiger partial charge is 0.394 e. The maximum atomic E-state index is 10.2. The SMILES string of the molecule is CC(OC1OC(CO)C(O)C(O)C1O)C(O)Cc1ccccc1. The number of benzene rings is 1. The minimum absolute atomic E-state index is 0.361. The van der Waals surface area contributed by atoms with E-state index in [1.807, 2.05) is 30.3 Å². The lowest BCUT2D eigenvalue weighted by atomic mass is 9.99. The zero-order valence-electron chi connectivity index (χ0n) is 12.9. The van der Waals surface area contributed by atoms with Crippen molar-refractivity contribution in [3.63, 3.8) is 0 Å². The van der Waals surface area contributed by atoms with E-state index in [1.165, 1.54) is 0 Å². The molecule has 0 radical (unpaired) electrons. The summed E-state index contributed by atoms with van der Waals surface area (Å²) in [6, 6.07) is 9.37. The molecule has 1 aliphatic rings. The van der Waals surface area contributed by atoms with Crippen LogP contribution in [0.2, 0.25) is 0 Å². The molecule has 1 saturated heterocycles. The van der Waals surface area contributed by atoms with Crippen LogP contribution in [0.25, 0.3) is 0 Å². The summed E-state index contributed by atoms with van der Waals surface area (Å²) in [6.45, 7) is 1.10. The number of rotatable bonds is 6. The molecule has 1 fully saturated rings. The Morgan fingerprint density at radius 1 is 1.09 bits per heavy atom. The minimum Gasteiger partial charge on any atom is -0.394 e. The summed E-state index contributed by atoms with van der Waals surface area (Å²) in [5.41, 5.74) is 0.934. The molecule has 5 N–H and O–H groups in total. The van der Waals surface area contributed by atoms with Crippen LogP contribution in [0, 0.1) is 0 Å². The predicted molar refractivity (Wildman–Crippen MR) is 80.5 cm³/mol. The number of aliphatic hydroxyl groups is 5. The first-order valence-electron chi connectivity index (χ1n) is 7.62. The van der Waals surface area contributed by atoms with Gasteiger partial charge in [-0.05, 0) is 12.5 Å². The first-order chi connectivity index (χ1) is 10.9. The molecule has 23 heavy (non-hydrogen) atoms. The molecular formula is C16H24O7. The maximum Gasteiger partial charge on any atom is 0.187 e. The summed E-state index contributed by atoms with van der Waals surface area (Å²) in [4.78, 5) is 0. The monoisotopic (exact) mass is 328 g/mol. The van der Waals surface area contributed by atoms with Crippen LogP contribution in [0.3, 0.4) is 0 Å². The fourth-order valence-corrected chi connectivity index (χ4v) is 2.50. The van der Waals surface area contributed by atoms with Gasteiger partial charge in [0.1, 0.15) is 24.4 Å². The molecule has 1 aromatic carbocycles. The Hall–Kier alpha value is -1.06. The number of aliphatic hydroxyl groups excluding tert-OH is 5. The average Bonchev–Trinajstić information content (AvgIpc) is 2.56. The average molecular weight is 328 g/mol. The van der Waals surface area contributed by atoms with Gasteiger partial charge in [0.05, 0.1) is 18.8 Å². The third-order valence-electron chi connectivity index (χ3n) is 4.03. The second kappa shape index (κ2) is 8.16. The molecule has 2 rings (SSSR count). The summed E-state index contributed by atoms with van der Waals surface area (Å²) >= 11 is 0. The number of hydrogen-bond acceptors (Lipinski definition) is 7. The topological polar surface area (TPSA) is 120 Å². The number of hydrogen-bond donors (Lipinski definition) is 5. The molecule has 1 aromatic rings. The molecule has 130 valence electrons. The third kappa shape index (κ3) is 4.48. The number of ether oxygens (including phenoxy) is 2. The van der Waals surface area contributed by atoms with Gasteiger partial charge in [0, 0.05) is 6.42 Å². The molecule has 0 aliphatic carbocycles. The zero-order valence-corrected chi connectivity index (χ0v) is 12.9. The Morgan fingerprint density at radius 2 is 1.74 bits per heavy atom. The molecule has 7 nitrogen and oxygen atoms in total. The molecule has 0 spiro atoms. The van der Waals surface area contributed by atoms with Crippen molar-refractivity contribution in [2.24, 2.45) is 0 Å². The molecule has 0 aromatic heterocycles. The molecule has 7 unspecified atom stereocenters. The molecule has 0 bridgehead atoms. The van der Waals surface area contributed by atoms with E-state index in [-0.39, 0.29) is 0 Å². The highest BCUT2D eigenvalue weighted by Crippen LogP contribution is 2.23. The van der Waals surface area contributed by atoms with Crippen molar-refractivity contribution < 1.29 is 35.0 Å². The van der Waals surface area contributed by atoms with Gasteiger partial charge in [-0.2, -0.15) is 0 Å². The van der Waals surface area contributed by atoms with Crippen molar-refractivity contribution in [1.82, 2.24) is 0 Å². The fourth-order valence-electron chi connectivity index (χ4n) is 2.50. The van der Waals surface area contributed by atoms with Gasteiger partial charge in [0.15, 0.2) is 6.29 Å². The first kappa shape index (κ1) is 18.3. The second-order valence-electron chi connectivity index (χ2n) is 5.80. The van der Waals surface area contributed by atoms with Crippen molar-refractivity contribution >= 4 is 0 Å². The van der Waals surface area contributed by atoms with E-state index < -0.39 is 49.5 Å². The van der Waals surface area contributed by atoms with Crippen LogP contribution in [0.15, 0.2) is 30.3 Å². The van der Waals surface area contributed by atoms with E-state index in [4.69, 9.17) is 14.6 Å². The summed E-state index contributed by atoms with van der Waals surface area (Å²) < 4.78 is 10.7. The highest BCUT2D eigenvalue weighted by Gasteiger charge is 2.44. The predicted octanol–water partition coefficient (Wildman–Crippen LogP) is -1.20. The Bertz CT molecular complexity index is 467. The van der Waals surface area contributed by atoms with Crippen molar-refractivity contribution in [1.29, 1.82) is 0 Å². The first-order valence-corrected chi connectivity index (χ1v) is 7.62. The molecule has 7 atom stereocenters. The highest BCUT2D eigenvalue weighted by atomic mass is 16.7. The lowest BCUT2D eigenvalue weighted by Crippen LogP contribution is -2.60. The van der Waals surface area contributed by atoms with Gasteiger partial charge in [-0.1, -0.05) is 30.3 Å². The van der Waals surface area contributed by atoms with E-state index in [2.05, 4.69) is 0 Å². The van der Waals surface area contributed by atoms with Crippen molar-refractivity contribution in [2.75, 3.05) is 6.61 Å². The summed E-state index contributed by atoms with van der Waals surface area (Å²) in [7, 11) is 0. The Balaban J connectivity index is 1.94. The van der Waals surface area contributed by atoms with Crippen LogP contribution in [0.5, 0.6) is 0 Å². The van der Waals surface area contributed by atoms with E-state index in [9.17, 15) is 20.4 Å². The molecule has 1 aliphatic heterocycles. The molecule has 0 amide bonds. The van der Waals surface area contributed by atoms with Gasteiger partial charge in [-0.15, -0.1) is 0 Å². The highest BCUT2D eigenvalue weighted by molar-refractivity contribution is 5.15. The normalized spacial score (nSPS) is 34.1. The van der Waals surface area contributed by atoms with Crippen LogP contribution >= 0.6 is 0 Å². The van der Waals surface area contributed by atoms with Crippen LogP contribution in [0.1, 0.15) is 12.5 Å². The van der Waals surface area contributed by atoms with Crippen molar-refractivity contribution in [2.45, 2.75) is 56.3 Å². The standard InChI is InChI=1S/C16H24O7/c1-9(11(18)7-10-5-3-2-4-6-10)22-16-15(21)14(20)13(19)12(8-17)23-16/h2-6,9,11-21H,7-8H2,1H3. The van der Waals surface area contributed by atoms with Crippen LogP contribution in [0.4, 0.5) is 0 Å². The molecular weight excluding hydrogens is 304 g/mol. The molecule has 0 saturated carbocycles. The van der Waals surface area contributed by atoms with Crippen LogP contribution < -0.4 is 0 Å². The lowest BCUT2D eigenvalue weighted by molar-refractivity contribution is -0.315. The van der Waals surface area contributed by atoms with Crippen molar-refractivity contribution in [3.8, 4) is 0 Å². The van der Waals surface area contributed by atoms with Gasteiger partial charge < -0.3 is 35.0 Å². The van der Waals surface area contributed by atoms with Crippen LogP contribution in [-0.2, 0) is 15.9 Å². The summed E-state index contributed by atoms with van der Waals surface area (Å²) in [5.74, 6) is 0. The smallest absolute Gasteiger partial charge is 0.187 e. The van der Waals surface area contributed by atoms with E-state index in [1.54, 1.807) is 6.92 Å². The third-order valence-corrected chi connectivity index (χ3v) is 4.03. The molecule has 7 heteroatoms. The van der Waals surface area contributed by atoms with E-state index in [0.29, 0.717) is 6.42 Å². The quantitative estimate of drug-likeness (QED) is 0.445. The van der Waals surface area contributed by atoms with Gasteiger partial charge in [-0.25, -0.2) is 0 Å². The van der Waals surface area contributed by atoms with Gasteiger partial charge in [-0.3, -0.25) is 0 Å². The Labute approximate surface area is 134 Å². The summed E-state index contributed by atoms with van der Waals surface area (Å²) in [5, 5.41) is 48.7. The second-order valence-corrected chi connectivity index (χ2v) is 5.80. The van der Waals surface area contributed by atoms with Gasteiger partial charge >= 0.3 is 0 Å². The van der Waals surface area contributed by atoms with Crippen LogP contribution in [-0.4, -0.2) is 75.1 Å². The van der Waals surface area contributed by atoms with E-state index in [0.717, 1.165) is 5.56 Å². The van der Waals surface area contributed by atoms with Crippen molar-refractivity contribution in [3.05, 3.63) is 35.9 Å². The minimum atomic E-state index is -1.50. The maximum absolute atomic E-state index is 10.2. The zero-order chi connectivity index (χ0) is 17.0. The Morgan fingerprint density at radius 3 is 2.35 bits per heavy atom. The fraction of sp³-hybridized carbons (Fsp3) is 0.625. The lowest BCUT2D eigenvalue weighted by Gasteiger charge is -2.41. The summed E-state index contributed by atoms with van der Waals surface area (Å²) in [6.07, 6.45) is -7.84. The Kier molecular flexibility index (Phi) is 6.49. The van der Waals surface area contributed by atoms with Gasteiger partial charge in [0.2, 0.25) is 0 Å². The molecule has 1 heterocycles.